The second kappa shape index (κ2) is 14.9. The predicted molar refractivity (Wildman–Crippen MR) is 187 cm³/mol. The fourth-order valence-corrected chi connectivity index (χ4v) is 6.63. The molecule has 0 unspecified atom stereocenters. The number of carbonyl (C=O) groups excluding carboxylic acids is 2. The lowest BCUT2D eigenvalue weighted by atomic mass is 10.0. The largest absolute Gasteiger partial charge is 0.497 e. The van der Waals surface area contributed by atoms with Gasteiger partial charge in [-0.25, -0.2) is 8.42 Å². The number of anilines is 1. The summed E-state index contributed by atoms with van der Waals surface area (Å²) in [7, 11) is -2.62. The Morgan fingerprint density at radius 3 is 2.09 bits per heavy atom. The van der Waals surface area contributed by atoms with Crippen LogP contribution in [-0.4, -0.2) is 50.4 Å². The molecular formula is C38H45N3O5S. The predicted octanol–water partition coefficient (Wildman–Crippen LogP) is 6.37. The van der Waals surface area contributed by atoms with E-state index in [9.17, 15) is 18.0 Å². The number of hydrogen-bond acceptors (Lipinski definition) is 5. The van der Waals surface area contributed by atoms with Gasteiger partial charge in [0, 0.05) is 18.5 Å². The van der Waals surface area contributed by atoms with Crippen LogP contribution in [0.1, 0.15) is 48.6 Å². The number of nitrogens with zero attached hydrogens (tertiary/aromatic N) is 2. The molecule has 248 valence electrons. The molecule has 47 heavy (non-hydrogen) atoms. The first-order chi connectivity index (χ1) is 22.2. The van der Waals surface area contributed by atoms with E-state index in [0.29, 0.717) is 11.4 Å². The van der Waals surface area contributed by atoms with E-state index >= 15 is 0 Å². The van der Waals surface area contributed by atoms with Crippen LogP contribution in [0.15, 0.2) is 102 Å². The normalized spacial score (nSPS) is 12.2. The van der Waals surface area contributed by atoms with Crippen molar-refractivity contribution in [2.45, 2.75) is 71.0 Å². The Labute approximate surface area is 279 Å². The van der Waals surface area contributed by atoms with E-state index in [0.717, 1.165) is 32.1 Å². The number of hydrogen-bond donors (Lipinski definition) is 1. The summed E-state index contributed by atoms with van der Waals surface area (Å²) in [5, 5.41) is 3.05. The van der Waals surface area contributed by atoms with Gasteiger partial charge in [-0.15, -0.1) is 0 Å². The highest BCUT2D eigenvalue weighted by atomic mass is 32.2. The van der Waals surface area contributed by atoms with Crippen molar-refractivity contribution in [2.75, 3.05) is 18.0 Å². The molecule has 0 aliphatic carbocycles. The van der Waals surface area contributed by atoms with Gasteiger partial charge in [-0.1, -0.05) is 66.2 Å². The Kier molecular flexibility index (Phi) is 11.1. The second-order valence-electron chi connectivity index (χ2n) is 12.9. The standard InChI is InChI=1S/C38H45N3O5S/c1-27-16-20-34(21-17-27)47(44,45)41(32-19-18-28(2)29(3)22-32)26-36(42)40(25-31-14-11-15-33(23-31)46-7)35(37(43)39-38(4,5)6)24-30-12-9-8-10-13-30/h8-23,35H,24-26H2,1-7H3,(H,39,43)/t35-/m0/s1. The average molecular weight is 656 g/mol. The molecule has 0 saturated carbocycles. The average Bonchev–Trinajstić information content (AvgIpc) is 3.02. The minimum absolute atomic E-state index is 0.0520. The van der Waals surface area contributed by atoms with Gasteiger partial charge >= 0.3 is 0 Å². The van der Waals surface area contributed by atoms with E-state index in [4.69, 9.17) is 4.74 Å². The molecule has 4 aromatic rings. The molecule has 2 amide bonds. The van der Waals surface area contributed by atoms with Crippen LogP contribution >= 0.6 is 0 Å². The van der Waals surface area contributed by atoms with Crippen LogP contribution in [0, 0.1) is 20.8 Å². The topological polar surface area (TPSA) is 96.0 Å². The van der Waals surface area contributed by atoms with Gasteiger partial charge in [0.15, 0.2) is 0 Å². The molecule has 0 spiro atoms. The van der Waals surface area contributed by atoms with E-state index in [2.05, 4.69) is 5.32 Å². The summed E-state index contributed by atoms with van der Waals surface area (Å²) in [6.07, 6.45) is 0.229. The van der Waals surface area contributed by atoms with Crippen molar-refractivity contribution in [2.24, 2.45) is 0 Å². The summed E-state index contributed by atoms with van der Waals surface area (Å²) < 4.78 is 35.2. The quantitative estimate of drug-likeness (QED) is 0.191. The minimum atomic E-state index is -4.18. The Morgan fingerprint density at radius 1 is 0.809 bits per heavy atom. The highest BCUT2D eigenvalue weighted by molar-refractivity contribution is 7.92. The molecular weight excluding hydrogens is 611 g/mol. The Morgan fingerprint density at radius 2 is 1.47 bits per heavy atom. The molecule has 0 fully saturated rings. The summed E-state index contributed by atoms with van der Waals surface area (Å²) in [6.45, 7) is 10.9. The maximum Gasteiger partial charge on any atom is 0.264 e. The molecule has 1 atom stereocenters. The maximum absolute atomic E-state index is 14.7. The van der Waals surface area contributed by atoms with Gasteiger partial charge in [-0.05, 0) is 100 Å². The molecule has 0 aliphatic rings. The van der Waals surface area contributed by atoms with Gasteiger partial charge in [0.05, 0.1) is 17.7 Å². The number of sulfonamides is 1. The first-order valence-corrected chi connectivity index (χ1v) is 17.1. The van der Waals surface area contributed by atoms with Crippen LogP contribution in [0.4, 0.5) is 5.69 Å². The first kappa shape index (κ1) is 35.2. The zero-order valence-corrected chi connectivity index (χ0v) is 29.1. The fraction of sp³-hybridized carbons (Fsp3) is 0.316. The Hall–Kier alpha value is -4.63. The summed E-state index contributed by atoms with van der Waals surface area (Å²) in [6, 6.07) is 27.7. The SMILES string of the molecule is COc1cccc(CN(C(=O)CN(c2ccc(C)c(C)c2)S(=O)(=O)c2ccc(C)cc2)[C@@H](Cc2ccccc2)C(=O)NC(C)(C)C)c1. The van der Waals surface area contributed by atoms with Gasteiger partial charge in [0.2, 0.25) is 11.8 Å². The zero-order chi connectivity index (χ0) is 34.4. The molecule has 0 bridgehead atoms. The summed E-state index contributed by atoms with van der Waals surface area (Å²) in [5.41, 5.74) is 4.18. The number of ether oxygens (including phenoxy) is 1. The van der Waals surface area contributed by atoms with Gasteiger partial charge in [-0.2, -0.15) is 0 Å². The highest BCUT2D eigenvalue weighted by Crippen LogP contribution is 2.27. The fourth-order valence-electron chi connectivity index (χ4n) is 5.22. The van der Waals surface area contributed by atoms with Gasteiger partial charge in [0.1, 0.15) is 18.3 Å². The van der Waals surface area contributed by atoms with E-state index in [1.807, 2.05) is 96.1 Å². The second-order valence-corrected chi connectivity index (χ2v) is 14.8. The molecule has 8 nitrogen and oxygen atoms in total. The third kappa shape index (κ3) is 9.23. The van der Waals surface area contributed by atoms with Gasteiger partial charge in [0.25, 0.3) is 10.0 Å². The van der Waals surface area contributed by atoms with Crippen molar-refractivity contribution in [1.82, 2.24) is 10.2 Å². The van der Waals surface area contributed by atoms with Crippen molar-refractivity contribution >= 4 is 27.5 Å². The van der Waals surface area contributed by atoms with Crippen LogP contribution in [-0.2, 0) is 32.6 Å². The minimum Gasteiger partial charge on any atom is -0.497 e. The van der Waals surface area contributed by atoms with E-state index < -0.39 is 34.1 Å². The molecule has 1 N–H and O–H groups in total. The highest BCUT2D eigenvalue weighted by Gasteiger charge is 2.35. The third-order valence-electron chi connectivity index (χ3n) is 7.92. The van der Waals surface area contributed by atoms with Crippen LogP contribution < -0.4 is 14.4 Å². The van der Waals surface area contributed by atoms with Crippen molar-refractivity contribution in [1.29, 1.82) is 0 Å². The Balaban J connectivity index is 1.84. The number of carbonyl (C=O) groups is 2. The number of amides is 2. The maximum atomic E-state index is 14.7. The lowest BCUT2D eigenvalue weighted by Crippen LogP contribution is -2.56. The summed E-state index contributed by atoms with van der Waals surface area (Å²) in [4.78, 5) is 30.3. The van der Waals surface area contributed by atoms with Crippen LogP contribution in [0.3, 0.4) is 0 Å². The van der Waals surface area contributed by atoms with Crippen molar-refractivity contribution < 1.29 is 22.7 Å². The number of nitrogens with one attached hydrogen (secondary N) is 1. The molecule has 0 aromatic heterocycles. The number of methoxy groups -OCH3 is 1. The number of aryl methyl sites for hydroxylation is 3. The summed E-state index contributed by atoms with van der Waals surface area (Å²) >= 11 is 0. The zero-order valence-electron chi connectivity index (χ0n) is 28.3. The molecule has 0 aliphatic heterocycles. The lowest BCUT2D eigenvalue weighted by Gasteiger charge is -2.35. The molecule has 4 rings (SSSR count). The van der Waals surface area contributed by atoms with Crippen molar-refractivity contribution in [3.63, 3.8) is 0 Å². The summed E-state index contributed by atoms with van der Waals surface area (Å²) in [5.74, 6) is -0.254. The van der Waals surface area contributed by atoms with E-state index in [-0.39, 0.29) is 23.8 Å². The third-order valence-corrected chi connectivity index (χ3v) is 9.71. The molecule has 4 aromatic carbocycles. The van der Waals surface area contributed by atoms with Crippen molar-refractivity contribution in [3.05, 3.63) is 125 Å². The van der Waals surface area contributed by atoms with E-state index in [1.165, 1.54) is 4.90 Å². The molecule has 9 heteroatoms. The van der Waals surface area contributed by atoms with Crippen LogP contribution in [0.5, 0.6) is 5.75 Å². The van der Waals surface area contributed by atoms with Crippen molar-refractivity contribution in [3.8, 4) is 5.75 Å². The molecule has 0 saturated heterocycles. The van der Waals surface area contributed by atoms with E-state index in [1.54, 1.807) is 49.6 Å². The monoisotopic (exact) mass is 655 g/mol. The molecule has 0 radical (unpaired) electrons. The molecule has 0 heterocycles. The lowest BCUT2D eigenvalue weighted by molar-refractivity contribution is -0.140. The number of benzene rings is 4. The van der Waals surface area contributed by atoms with Crippen LogP contribution in [0.2, 0.25) is 0 Å². The smallest absolute Gasteiger partial charge is 0.264 e. The van der Waals surface area contributed by atoms with Gasteiger partial charge < -0.3 is 15.0 Å². The first-order valence-electron chi connectivity index (χ1n) is 15.6. The van der Waals surface area contributed by atoms with Gasteiger partial charge in [-0.3, -0.25) is 13.9 Å². The van der Waals surface area contributed by atoms with Crippen LogP contribution in [0.25, 0.3) is 0 Å². The number of rotatable bonds is 12. The Bertz CT molecular complexity index is 1800.